The molecule has 35 heavy (non-hydrogen) atoms. The van der Waals surface area contributed by atoms with Crippen molar-refractivity contribution in [2.75, 3.05) is 17.2 Å². The van der Waals surface area contributed by atoms with E-state index in [2.05, 4.69) is 47.4 Å². The summed E-state index contributed by atoms with van der Waals surface area (Å²) in [5.74, 6) is 3.00. The summed E-state index contributed by atoms with van der Waals surface area (Å²) in [6, 6.07) is 3.77. The molecule has 0 bridgehead atoms. The number of carbonyl (C=O) groups excluding carboxylic acids is 3. The summed E-state index contributed by atoms with van der Waals surface area (Å²) in [4.78, 5) is 42.4. The topological polar surface area (TPSA) is 91.4 Å². The lowest BCUT2D eigenvalue weighted by Gasteiger charge is -2.60. The average molecular weight is 479 g/mol. The molecule has 2 heterocycles. The Hall–Kier alpha value is -2.70. The first-order chi connectivity index (χ1) is 16.8. The zero-order valence-corrected chi connectivity index (χ0v) is 21.1. The highest BCUT2D eigenvalue weighted by Gasteiger charge is 2.60. The van der Waals surface area contributed by atoms with Crippen LogP contribution in [-0.2, 0) is 14.4 Å². The Bertz CT molecular complexity index is 1020. The van der Waals surface area contributed by atoms with Crippen molar-refractivity contribution >= 4 is 29.7 Å². The standard InChI is InChI=1S/C28H38N4O3/c1-4-32-23-9-7-20-21-8-5-18(15-25(34)31-24-10-6-19(16-29-24)30-17-33)27(21,2)13-11-22(20)28(23,3)14-12-26(32)35/h6,10,12,14,16-18,20-23H,4-5,7-9,11,13,15H2,1-3H3,(H,30,33)(H,29,31,34)/t18-,20+,21+,22+,23-,27-,28-/m1/s1. The zero-order valence-electron chi connectivity index (χ0n) is 21.1. The van der Waals surface area contributed by atoms with Crippen molar-refractivity contribution in [3.05, 3.63) is 30.5 Å². The van der Waals surface area contributed by atoms with Crippen LogP contribution in [0.2, 0.25) is 0 Å². The molecule has 3 saturated carbocycles. The Labute approximate surface area is 208 Å². The predicted octanol–water partition coefficient (Wildman–Crippen LogP) is 4.62. The Kier molecular flexibility index (Phi) is 6.22. The van der Waals surface area contributed by atoms with Gasteiger partial charge in [0.2, 0.25) is 18.2 Å². The second kappa shape index (κ2) is 9.07. The predicted molar refractivity (Wildman–Crippen MR) is 135 cm³/mol. The smallest absolute Gasteiger partial charge is 0.246 e. The van der Waals surface area contributed by atoms with Gasteiger partial charge in [-0.1, -0.05) is 19.9 Å². The molecule has 0 spiro atoms. The number of fused-ring (bicyclic) bond motifs is 5. The van der Waals surface area contributed by atoms with E-state index in [0.717, 1.165) is 25.8 Å². The van der Waals surface area contributed by atoms with Gasteiger partial charge in [0.1, 0.15) is 5.82 Å². The highest BCUT2D eigenvalue weighted by Crippen LogP contribution is 2.66. The molecule has 0 aromatic carbocycles. The van der Waals surface area contributed by atoms with E-state index in [1.54, 1.807) is 18.3 Å². The second-order valence-corrected chi connectivity index (χ2v) is 11.6. The lowest BCUT2D eigenvalue weighted by molar-refractivity contribution is -0.141. The molecular weight excluding hydrogens is 440 g/mol. The number of hydrogen-bond donors (Lipinski definition) is 2. The summed E-state index contributed by atoms with van der Waals surface area (Å²) in [6.45, 7) is 7.71. The molecule has 0 radical (unpaired) electrons. The molecule has 0 saturated heterocycles. The van der Waals surface area contributed by atoms with Gasteiger partial charge in [-0.25, -0.2) is 4.98 Å². The molecular formula is C28H38N4O3. The van der Waals surface area contributed by atoms with Gasteiger partial charge in [0.15, 0.2) is 0 Å². The van der Waals surface area contributed by atoms with E-state index in [1.165, 1.54) is 19.3 Å². The summed E-state index contributed by atoms with van der Waals surface area (Å²) < 4.78 is 0. The van der Waals surface area contributed by atoms with E-state index in [0.29, 0.717) is 54.0 Å². The Morgan fingerprint density at radius 2 is 2.00 bits per heavy atom. The number of rotatable bonds is 6. The monoisotopic (exact) mass is 478 g/mol. The largest absolute Gasteiger partial charge is 0.336 e. The lowest BCUT2D eigenvalue weighted by atomic mass is 9.47. The molecule has 1 aromatic rings. The van der Waals surface area contributed by atoms with Gasteiger partial charge in [-0.05, 0) is 92.7 Å². The van der Waals surface area contributed by atoms with Crippen LogP contribution < -0.4 is 10.6 Å². The highest BCUT2D eigenvalue weighted by molar-refractivity contribution is 5.90. The molecule has 3 amide bonds. The lowest BCUT2D eigenvalue weighted by Crippen LogP contribution is -2.60. The van der Waals surface area contributed by atoms with Gasteiger partial charge in [-0.3, -0.25) is 14.4 Å². The highest BCUT2D eigenvalue weighted by atomic mass is 16.2. The molecule has 2 N–H and O–H groups in total. The van der Waals surface area contributed by atoms with Crippen LogP contribution in [0.5, 0.6) is 0 Å². The molecule has 1 aliphatic heterocycles. The second-order valence-electron chi connectivity index (χ2n) is 11.6. The summed E-state index contributed by atoms with van der Waals surface area (Å²) in [5, 5.41) is 5.51. The maximum atomic E-state index is 12.9. The van der Waals surface area contributed by atoms with Crippen LogP contribution in [0, 0.1) is 34.5 Å². The number of hydrogen-bond acceptors (Lipinski definition) is 4. The van der Waals surface area contributed by atoms with Crippen LogP contribution in [0.4, 0.5) is 11.5 Å². The number of carbonyl (C=O) groups is 3. The summed E-state index contributed by atoms with van der Waals surface area (Å²) in [5.41, 5.74) is 0.842. The molecule has 188 valence electrons. The van der Waals surface area contributed by atoms with Crippen LogP contribution in [0.1, 0.15) is 65.7 Å². The minimum absolute atomic E-state index is 0.0191. The van der Waals surface area contributed by atoms with E-state index in [9.17, 15) is 14.4 Å². The molecule has 7 atom stereocenters. The molecule has 5 rings (SSSR count). The van der Waals surface area contributed by atoms with Gasteiger partial charge in [0, 0.05) is 24.4 Å². The van der Waals surface area contributed by atoms with E-state index >= 15 is 0 Å². The normalized spacial score (nSPS) is 37.7. The maximum absolute atomic E-state index is 12.9. The molecule has 7 heteroatoms. The van der Waals surface area contributed by atoms with Gasteiger partial charge in [0.05, 0.1) is 11.9 Å². The van der Waals surface area contributed by atoms with Crippen molar-refractivity contribution in [2.24, 2.45) is 34.5 Å². The first kappa shape index (κ1) is 24.0. The zero-order chi connectivity index (χ0) is 24.8. The van der Waals surface area contributed by atoms with Crippen LogP contribution in [0.25, 0.3) is 0 Å². The Morgan fingerprint density at radius 3 is 2.71 bits per heavy atom. The van der Waals surface area contributed by atoms with Crippen LogP contribution in [0.15, 0.2) is 30.5 Å². The van der Waals surface area contributed by atoms with Crippen LogP contribution in [-0.4, -0.2) is 40.7 Å². The number of likely N-dealkylation sites (N-methyl/N-ethyl adjacent to an activating group) is 1. The van der Waals surface area contributed by atoms with Crippen molar-refractivity contribution < 1.29 is 14.4 Å². The molecule has 1 aromatic heterocycles. The van der Waals surface area contributed by atoms with E-state index in [4.69, 9.17) is 0 Å². The number of pyridine rings is 1. The third-order valence-corrected chi connectivity index (χ3v) is 10.2. The fraction of sp³-hybridized carbons (Fsp3) is 0.643. The third-order valence-electron chi connectivity index (χ3n) is 10.2. The SMILES string of the molecule is CCN1C(=O)C=C[C@]2(C)[C@H]3CC[C@]4(C)[C@@H](CC(=O)Nc5ccc(NC=O)cn5)CC[C@H]4[C@@H]3CC[C@@H]12. The summed E-state index contributed by atoms with van der Waals surface area (Å²) in [7, 11) is 0. The van der Waals surface area contributed by atoms with Crippen molar-refractivity contribution in [1.29, 1.82) is 0 Å². The average Bonchev–Trinajstić information content (AvgIpc) is 3.17. The van der Waals surface area contributed by atoms with Gasteiger partial charge >= 0.3 is 0 Å². The van der Waals surface area contributed by atoms with E-state index in [-0.39, 0.29) is 22.6 Å². The van der Waals surface area contributed by atoms with Crippen LogP contribution in [0.3, 0.4) is 0 Å². The van der Waals surface area contributed by atoms with Crippen LogP contribution >= 0.6 is 0 Å². The quantitative estimate of drug-likeness (QED) is 0.584. The molecule has 3 aliphatic carbocycles. The number of amides is 3. The van der Waals surface area contributed by atoms with Gasteiger partial charge < -0.3 is 15.5 Å². The van der Waals surface area contributed by atoms with E-state index < -0.39 is 0 Å². The fourth-order valence-corrected chi connectivity index (χ4v) is 8.46. The number of anilines is 2. The third kappa shape index (κ3) is 3.97. The number of nitrogens with zero attached hydrogens (tertiary/aromatic N) is 2. The minimum atomic E-state index is 0.0191. The molecule has 0 unspecified atom stereocenters. The summed E-state index contributed by atoms with van der Waals surface area (Å²) >= 11 is 0. The van der Waals surface area contributed by atoms with Gasteiger partial charge in [-0.2, -0.15) is 0 Å². The number of nitrogens with one attached hydrogen (secondary N) is 2. The van der Waals surface area contributed by atoms with Gasteiger partial charge in [-0.15, -0.1) is 0 Å². The van der Waals surface area contributed by atoms with E-state index in [1.807, 2.05) is 6.08 Å². The number of aromatic nitrogens is 1. The minimum Gasteiger partial charge on any atom is -0.336 e. The van der Waals surface area contributed by atoms with Crippen molar-refractivity contribution in [2.45, 2.75) is 71.8 Å². The molecule has 4 aliphatic rings. The van der Waals surface area contributed by atoms with Crippen molar-refractivity contribution in [3.8, 4) is 0 Å². The Balaban J connectivity index is 1.27. The first-order valence-corrected chi connectivity index (χ1v) is 13.3. The molecule has 3 fully saturated rings. The molecule has 7 nitrogen and oxygen atoms in total. The van der Waals surface area contributed by atoms with Gasteiger partial charge in [0.25, 0.3) is 0 Å². The summed E-state index contributed by atoms with van der Waals surface area (Å²) in [6.07, 6.45) is 13.6. The maximum Gasteiger partial charge on any atom is 0.246 e. The first-order valence-electron chi connectivity index (χ1n) is 13.3. The van der Waals surface area contributed by atoms with Crippen molar-refractivity contribution in [3.63, 3.8) is 0 Å². The Morgan fingerprint density at radius 1 is 1.17 bits per heavy atom. The fourth-order valence-electron chi connectivity index (χ4n) is 8.46. The van der Waals surface area contributed by atoms with Crippen molar-refractivity contribution in [1.82, 2.24) is 9.88 Å².